The quantitative estimate of drug-likeness (QED) is 0.0195. The zero-order valence-corrected chi connectivity index (χ0v) is 63.2. The third kappa shape index (κ3) is 77.2. The normalized spacial score (nSPS) is 13.2. The predicted octanol–water partition coefficient (Wildman–Crippen LogP) is 26.3. The minimum Gasteiger partial charge on any atom is -0.756 e. The van der Waals surface area contributed by atoms with Crippen molar-refractivity contribution < 1.29 is 42.1 Å². The third-order valence-electron chi connectivity index (χ3n) is 18.7. The molecule has 0 rings (SSSR count). The first kappa shape index (κ1) is 90.2. The van der Waals surface area contributed by atoms with E-state index in [-0.39, 0.29) is 32.0 Å². The summed E-state index contributed by atoms with van der Waals surface area (Å²) in [5, 5.41) is 0. The Bertz CT molecular complexity index is 1640. The monoisotopic (exact) mass is 1320 g/mol. The summed E-state index contributed by atoms with van der Waals surface area (Å²) in [6, 6.07) is 0. The highest BCUT2D eigenvalue weighted by molar-refractivity contribution is 7.45. The van der Waals surface area contributed by atoms with E-state index in [1.165, 1.54) is 340 Å². The van der Waals surface area contributed by atoms with E-state index in [9.17, 15) is 19.0 Å². The number of hydrogen-bond acceptors (Lipinski definition) is 8. The van der Waals surface area contributed by atoms with E-state index in [0.29, 0.717) is 17.4 Å². The topological polar surface area (TPSA) is 111 Å². The molecule has 0 aromatic carbocycles. The highest BCUT2D eigenvalue weighted by Gasteiger charge is 2.22. The molecule has 10 heteroatoms. The highest BCUT2D eigenvalue weighted by atomic mass is 31.2. The van der Waals surface area contributed by atoms with Crippen LogP contribution in [0.15, 0.2) is 36.5 Å². The average Bonchev–Trinajstić information content (AvgIpc) is 2.14. The fourth-order valence-corrected chi connectivity index (χ4v) is 13.2. The molecule has 0 aliphatic rings. The lowest BCUT2D eigenvalue weighted by Gasteiger charge is -2.28. The van der Waals surface area contributed by atoms with E-state index < -0.39 is 26.5 Å². The zero-order chi connectivity index (χ0) is 66.9. The SMILES string of the molecule is CCCCCCC/C=C\C/C=C\C/C=C\CCCCCCCCCCCCCCCCC(=O)OC(COC(=O)CCCCCCCCCCCCCCCCCCCCCCCCCCCCCCCCCCCCCCCCC)COP(=O)([O-])OCC[N+](C)(C)C. The Balaban J connectivity index is 3.88. The molecule has 9 nitrogen and oxygen atoms in total. The van der Waals surface area contributed by atoms with Gasteiger partial charge in [0.15, 0.2) is 6.10 Å². The van der Waals surface area contributed by atoms with Gasteiger partial charge in [-0.05, 0) is 51.4 Å². The van der Waals surface area contributed by atoms with Crippen LogP contribution in [0.2, 0.25) is 0 Å². The van der Waals surface area contributed by atoms with Crippen LogP contribution in [0, 0.1) is 0 Å². The van der Waals surface area contributed by atoms with E-state index in [4.69, 9.17) is 18.5 Å². The molecule has 92 heavy (non-hydrogen) atoms. The second-order valence-electron chi connectivity index (χ2n) is 29.1. The van der Waals surface area contributed by atoms with E-state index in [0.717, 1.165) is 51.4 Å². The van der Waals surface area contributed by atoms with E-state index >= 15 is 0 Å². The molecule has 0 amide bonds. The van der Waals surface area contributed by atoms with Crippen LogP contribution in [0.3, 0.4) is 0 Å². The van der Waals surface area contributed by atoms with Gasteiger partial charge >= 0.3 is 11.9 Å². The molecule has 0 spiro atoms. The van der Waals surface area contributed by atoms with Gasteiger partial charge in [-0.2, -0.15) is 0 Å². The molecular formula is C82H158NO8P. The Kier molecular flexibility index (Phi) is 72.1. The number of unbranched alkanes of at least 4 members (excludes halogenated alkanes) is 57. The second kappa shape index (κ2) is 73.5. The number of hydrogen-bond donors (Lipinski definition) is 0. The molecule has 0 aliphatic heterocycles. The van der Waals surface area contributed by atoms with Gasteiger partial charge in [0.1, 0.15) is 19.8 Å². The maximum absolute atomic E-state index is 12.9. The summed E-state index contributed by atoms with van der Waals surface area (Å²) in [6.07, 6.45) is 95.7. The lowest BCUT2D eigenvalue weighted by molar-refractivity contribution is -0.870. The largest absolute Gasteiger partial charge is 0.756 e. The fourth-order valence-electron chi connectivity index (χ4n) is 12.4. The standard InChI is InChI=1S/C82H158NO8P/c1-6-8-10-12-14-16-18-20-22-24-26-28-30-32-34-36-37-38-39-40-41-42-43-44-45-47-48-50-52-54-56-58-60-62-64-66-68-70-72-74-81(84)88-78-80(79-90-92(86,87)89-77-76-83(3,4)5)91-82(85)75-73-71-69-67-65-63-61-59-57-55-53-51-49-46-35-33-31-29-27-25-23-21-19-17-15-13-11-9-7-2/h19,21,25,27,31,33,80H,6-18,20,22-24,26,28-30,32,34-79H2,1-5H3/b21-19-,27-25-,33-31-. The van der Waals surface area contributed by atoms with Crippen LogP contribution in [0.5, 0.6) is 0 Å². The van der Waals surface area contributed by atoms with Gasteiger partial charge in [0.2, 0.25) is 0 Å². The predicted molar refractivity (Wildman–Crippen MR) is 398 cm³/mol. The van der Waals surface area contributed by atoms with Crippen molar-refractivity contribution in [2.24, 2.45) is 0 Å². The Morgan fingerprint density at radius 2 is 0.587 bits per heavy atom. The smallest absolute Gasteiger partial charge is 0.306 e. The van der Waals surface area contributed by atoms with Crippen molar-refractivity contribution >= 4 is 19.8 Å². The van der Waals surface area contributed by atoms with Crippen LogP contribution < -0.4 is 4.89 Å². The van der Waals surface area contributed by atoms with Crippen LogP contribution in [0.25, 0.3) is 0 Å². The van der Waals surface area contributed by atoms with Crippen molar-refractivity contribution in [3.05, 3.63) is 36.5 Å². The minimum atomic E-state index is -4.64. The number of carbonyl (C=O) groups excluding carboxylic acids is 2. The Morgan fingerprint density at radius 1 is 0.337 bits per heavy atom. The number of nitrogens with zero attached hydrogens (tertiary/aromatic N) is 1. The number of likely N-dealkylation sites (N-methyl/N-ethyl adjacent to an activating group) is 1. The second-order valence-corrected chi connectivity index (χ2v) is 30.6. The summed E-state index contributed by atoms with van der Waals surface area (Å²) in [5.41, 5.74) is 0. The first-order valence-corrected chi connectivity index (χ1v) is 42.2. The molecule has 2 unspecified atom stereocenters. The summed E-state index contributed by atoms with van der Waals surface area (Å²) >= 11 is 0. The number of phosphoric ester groups is 1. The molecule has 544 valence electrons. The molecule has 0 bridgehead atoms. The average molecular weight is 1320 g/mol. The fraction of sp³-hybridized carbons (Fsp3) is 0.902. The van der Waals surface area contributed by atoms with E-state index in [1.54, 1.807) is 0 Å². The molecule has 0 aromatic heterocycles. The Hall–Kier alpha value is -1.77. The van der Waals surface area contributed by atoms with Crippen LogP contribution in [0.4, 0.5) is 0 Å². The molecular weight excluding hydrogens is 1160 g/mol. The number of carbonyl (C=O) groups is 2. The lowest BCUT2D eigenvalue weighted by atomic mass is 10.0. The van der Waals surface area contributed by atoms with Crippen LogP contribution in [-0.4, -0.2) is 70.0 Å². The van der Waals surface area contributed by atoms with E-state index in [2.05, 4.69) is 50.3 Å². The van der Waals surface area contributed by atoms with Crippen molar-refractivity contribution in [3.63, 3.8) is 0 Å². The van der Waals surface area contributed by atoms with Crippen molar-refractivity contribution in [2.45, 2.75) is 431 Å². The van der Waals surface area contributed by atoms with Gasteiger partial charge in [-0.15, -0.1) is 0 Å². The van der Waals surface area contributed by atoms with Gasteiger partial charge in [-0.1, -0.05) is 397 Å². The maximum Gasteiger partial charge on any atom is 0.306 e. The highest BCUT2D eigenvalue weighted by Crippen LogP contribution is 2.38. The Labute approximate surface area is 573 Å². The number of esters is 2. The molecule has 0 fully saturated rings. The number of phosphoric acid groups is 1. The molecule has 0 N–H and O–H groups in total. The summed E-state index contributed by atoms with van der Waals surface area (Å²) < 4.78 is 34.4. The molecule has 0 saturated heterocycles. The summed E-state index contributed by atoms with van der Waals surface area (Å²) in [5.74, 6) is -0.811. The first-order chi connectivity index (χ1) is 45.0. The molecule has 0 saturated carbocycles. The maximum atomic E-state index is 12.9. The Morgan fingerprint density at radius 3 is 0.870 bits per heavy atom. The molecule has 2 atom stereocenters. The van der Waals surface area contributed by atoms with Gasteiger partial charge in [-0.25, -0.2) is 0 Å². The summed E-state index contributed by atoms with van der Waals surface area (Å²) in [7, 11) is 1.19. The molecule has 0 heterocycles. The van der Waals surface area contributed by atoms with Crippen molar-refractivity contribution in [1.29, 1.82) is 0 Å². The van der Waals surface area contributed by atoms with Gasteiger partial charge in [-0.3, -0.25) is 14.2 Å². The zero-order valence-electron chi connectivity index (χ0n) is 62.3. The summed E-state index contributed by atoms with van der Waals surface area (Å²) in [4.78, 5) is 38.2. The lowest BCUT2D eigenvalue weighted by Crippen LogP contribution is -2.37. The van der Waals surface area contributed by atoms with Crippen molar-refractivity contribution in [1.82, 2.24) is 0 Å². The number of allylic oxidation sites excluding steroid dienone is 6. The first-order valence-electron chi connectivity index (χ1n) is 40.7. The van der Waals surface area contributed by atoms with Crippen molar-refractivity contribution in [2.75, 3.05) is 47.5 Å². The van der Waals surface area contributed by atoms with Crippen LogP contribution >= 0.6 is 7.82 Å². The summed E-state index contributed by atoms with van der Waals surface area (Å²) in [6.45, 7) is 4.31. The molecule has 0 aromatic rings. The van der Waals surface area contributed by atoms with Gasteiger partial charge in [0, 0.05) is 12.8 Å². The van der Waals surface area contributed by atoms with Gasteiger partial charge in [0.05, 0.1) is 27.7 Å². The van der Waals surface area contributed by atoms with Crippen LogP contribution in [-0.2, 0) is 32.7 Å². The number of quaternary nitrogens is 1. The third-order valence-corrected chi connectivity index (χ3v) is 19.6. The molecule has 0 radical (unpaired) electrons. The van der Waals surface area contributed by atoms with Crippen molar-refractivity contribution in [3.8, 4) is 0 Å². The minimum absolute atomic E-state index is 0.0284. The van der Waals surface area contributed by atoms with E-state index in [1.807, 2.05) is 21.1 Å². The van der Waals surface area contributed by atoms with Crippen LogP contribution in [0.1, 0.15) is 425 Å². The van der Waals surface area contributed by atoms with Gasteiger partial charge < -0.3 is 27.9 Å². The van der Waals surface area contributed by atoms with Gasteiger partial charge in [0.25, 0.3) is 7.82 Å². The molecule has 0 aliphatic carbocycles. The number of ether oxygens (including phenoxy) is 2. The number of rotatable bonds is 77.